The Bertz CT molecular complexity index is 493. The van der Waals surface area contributed by atoms with Gasteiger partial charge in [-0.1, -0.05) is 6.92 Å². The van der Waals surface area contributed by atoms with Crippen LogP contribution in [-0.4, -0.2) is 31.5 Å². The lowest BCUT2D eigenvalue weighted by atomic mass is 9.70. The zero-order chi connectivity index (χ0) is 15.5. The lowest BCUT2D eigenvalue weighted by Gasteiger charge is -2.37. The second-order valence-electron chi connectivity index (χ2n) is 6.39. The maximum absolute atomic E-state index is 12.8. The molecule has 2 rings (SSSR count). The molecule has 0 aromatic carbocycles. The minimum atomic E-state index is -0.425. The first kappa shape index (κ1) is 15.8. The Morgan fingerprint density at radius 3 is 2.71 bits per heavy atom. The molecule has 1 amide bonds. The number of carbonyl (C=O) groups is 1. The SMILES string of the molecule is CC1CCC(CN)(C(=O)Nc2cccnc2N(C)C)CC1. The minimum absolute atomic E-state index is 0.0352. The Hall–Kier alpha value is -1.62. The molecule has 0 saturated heterocycles. The van der Waals surface area contributed by atoms with Gasteiger partial charge in [0.2, 0.25) is 5.91 Å². The van der Waals surface area contributed by atoms with Crippen LogP contribution in [0.4, 0.5) is 11.5 Å². The second-order valence-corrected chi connectivity index (χ2v) is 6.39. The van der Waals surface area contributed by atoms with Crippen molar-refractivity contribution in [3.63, 3.8) is 0 Å². The van der Waals surface area contributed by atoms with Gasteiger partial charge in [-0.15, -0.1) is 0 Å². The number of nitrogens with two attached hydrogens (primary N) is 1. The third-order valence-corrected chi connectivity index (χ3v) is 4.56. The zero-order valence-corrected chi connectivity index (χ0v) is 13.2. The highest BCUT2D eigenvalue weighted by Gasteiger charge is 2.40. The lowest BCUT2D eigenvalue weighted by Crippen LogP contribution is -2.45. The van der Waals surface area contributed by atoms with Crippen LogP contribution in [0.2, 0.25) is 0 Å². The van der Waals surface area contributed by atoms with E-state index in [0.29, 0.717) is 12.5 Å². The third kappa shape index (κ3) is 3.35. The van der Waals surface area contributed by atoms with Crippen LogP contribution in [0.25, 0.3) is 0 Å². The van der Waals surface area contributed by atoms with Gasteiger partial charge in [-0.3, -0.25) is 4.79 Å². The summed E-state index contributed by atoms with van der Waals surface area (Å²) in [6, 6.07) is 3.72. The van der Waals surface area contributed by atoms with Gasteiger partial charge in [0.15, 0.2) is 5.82 Å². The molecule has 0 aliphatic heterocycles. The summed E-state index contributed by atoms with van der Waals surface area (Å²) in [7, 11) is 3.83. The molecule has 1 aromatic rings. The van der Waals surface area contributed by atoms with E-state index in [-0.39, 0.29) is 5.91 Å². The largest absolute Gasteiger partial charge is 0.361 e. The van der Waals surface area contributed by atoms with Crippen LogP contribution in [-0.2, 0) is 4.79 Å². The number of nitrogens with one attached hydrogen (secondary N) is 1. The van der Waals surface area contributed by atoms with Crippen molar-refractivity contribution in [1.82, 2.24) is 4.98 Å². The third-order valence-electron chi connectivity index (χ3n) is 4.56. The molecule has 116 valence electrons. The molecule has 3 N–H and O–H groups in total. The van der Waals surface area contributed by atoms with Crippen LogP contribution < -0.4 is 16.0 Å². The van der Waals surface area contributed by atoms with Crippen molar-refractivity contribution in [3.8, 4) is 0 Å². The van der Waals surface area contributed by atoms with E-state index in [9.17, 15) is 4.79 Å². The number of aromatic nitrogens is 1. The van der Waals surface area contributed by atoms with Crippen molar-refractivity contribution in [2.24, 2.45) is 17.1 Å². The normalized spacial score (nSPS) is 25.4. The van der Waals surface area contributed by atoms with Crippen molar-refractivity contribution >= 4 is 17.4 Å². The van der Waals surface area contributed by atoms with Crippen molar-refractivity contribution in [3.05, 3.63) is 18.3 Å². The molecule has 0 spiro atoms. The number of amides is 1. The summed E-state index contributed by atoms with van der Waals surface area (Å²) in [6.45, 7) is 2.65. The lowest BCUT2D eigenvalue weighted by molar-refractivity contribution is -0.127. The number of pyridine rings is 1. The molecule has 21 heavy (non-hydrogen) atoms. The Morgan fingerprint density at radius 1 is 1.48 bits per heavy atom. The van der Waals surface area contributed by atoms with Crippen LogP contribution in [0.5, 0.6) is 0 Å². The van der Waals surface area contributed by atoms with Crippen LogP contribution in [0.15, 0.2) is 18.3 Å². The van der Waals surface area contributed by atoms with Crippen molar-refractivity contribution < 1.29 is 4.79 Å². The molecular formula is C16H26N4O. The van der Waals surface area contributed by atoms with E-state index < -0.39 is 5.41 Å². The molecule has 0 unspecified atom stereocenters. The molecule has 5 nitrogen and oxygen atoms in total. The number of rotatable bonds is 4. The maximum atomic E-state index is 12.8. The first-order valence-corrected chi connectivity index (χ1v) is 7.62. The Morgan fingerprint density at radius 2 is 2.14 bits per heavy atom. The van der Waals surface area contributed by atoms with Gasteiger partial charge >= 0.3 is 0 Å². The smallest absolute Gasteiger partial charge is 0.231 e. The highest BCUT2D eigenvalue weighted by molar-refractivity contribution is 5.97. The molecular weight excluding hydrogens is 264 g/mol. The number of carbonyl (C=O) groups excluding carboxylic acids is 1. The van der Waals surface area contributed by atoms with Gasteiger partial charge in [-0.05, 0) is 43.7 Å². The number of anilines is 2. The Kier molecular flexibility index (Phi) is 4.83. The van der Waals surface area contributed by atoms with E-state index in [1.807, 2.05) is 31.1 Å². The van der Waals surface area contributed by atoms with Gasteiger partial charge < -0.3 is 16.0 Å². The van der Waals surface area contributed by atoms with Crippen molar-refractivity contribution in [2.45, 2.75) is 32.6 Å². The Labute approximate surface area is 126 Å². The van der Waals surface area contributed by atoms with Gasteiger partial charge in [-0.2, -0.15) is 0 Å². The fourth-order valence-electron chi connectivity index (χ4n) is 2.94. The van der Waals surface area contributed by atoms with Crippen LogP contribution in [0.1, 0.15) is 32.6 Å². The van der Waals surface area contributed by atoms with Crippen molar-refractivity contribution in [1.29, 1.82) is 0 Å². The molecule has 1 aromatic heterocycles. The molecule has 1 heterocycles. The molecule has 1 aliphatic carbocycles. The molecule has 5 heteroatoms. The van der Waals surface area contributed by atoms with E-state index in [4.69, 9.17) is 5.73 Å². The fraction of sp³-hybridized carbons (Fsp3) is 0.625. The summed E-state index contributed by atoms with van der Waals surface area (Å²) in [4.78, 5) is 19.0. The second kappa shape index (κ2) is 6.43. The molecule has 0 radical (unpaired) electrons. The summed E-state index contributed by atoms with van der Waals surface area (Å²) in [5.74, 6) is 1.49. The maximum Gasteiger partial charge on any atom is 0.231 e. The van der Waals surface area contributed by atoms with Gasteiger partial charge in [-0.25, -0.2) is 4.98 Å². The van der Waals surface area contributed by atoms with Crippen LogP contribution in [0.3, 0.4) is 0 Å². The monoisotopic (exact) mass is 290 g/mol. The summed E-state index contributed by atoms with van der Waals surface area (Å²) >= 11 is 0. The van der Waals surface area contributed by atoms with Gasteiger partial charge in [0.1, 0.15) is 0 Å². The number of nitrogens with zero attached hydrogens (tertiary/aromatic N) is 2. The zero-order valence-electron chi connectivity index (χ0n) is 13.2. The predicted octanol–water partition coefficient (Wildman–Crippen LogP) is 2.24. The van der Waals surface area contributed by atoms with Crippen molar-refractivity contribution in [2.75, 3.05) is 30.9 Å². The first-order chi connectivity index (χ1) is 9.98. The summed E-state index contributed by atoms with van der Waals surface area (Å²) in [5, 5.41) is 3.05. The average Bonchev–Trinajstić information content (AvgIpc) is 2.48. The molecule has 1 fully saturated rings. The van der Waals surface area contributed by atoms with Crippen LogP contribution >= 0.6 is 0 Å². The topological polar surface area (TPSA) is 71.2 Å². The van der Waals surface area contributed by atoms with E-state index >= 15 is 0 Å². The summed E-state index contributed by atoms with van der Waals surface area (Å²) < 4.78 is 0. The fourth-order valence-corrected chi connectivity index (χ4v) is 2.94. The summed E-state index contributed by atoms with van der Waals surface area (Å²) in [6.07, 6.45) is 5.60. The van der Waals surface area contributed by atoms with Crippen LogP contribution in [0, 0.1) is 11.3 Å². The summed E-state index contributed by atoms with van der Waals surface area (Å²) in [5.41, 5.74) is 6.27. The molecule has 1 saturated carbocycles. The molecule has 0 atom stereocenters. The van der Waals surface area contributed by atoms with E-state index in [1.54, 1.807) is 6.20 Å². The first-order valence-electron chi connectivity index (χ1n) is 7.62. The van der Waals surface area contributed by atoms with Gasteiger partial charge in [0.25, 0.3) is 0 Å². The molecule has 1 aliphatic rings. The standard InChI is InChI=1S/C16H26N4O/c1-12-6-8-16(11-17,9-7-12)15(21)19-13-5-4-10-18-14(13)20(2)3/h4-5,10,12H,6-9,11,17H2,1-3H3,(H,19,21). The minimum Gasteiger partial charge on any atom is -0.361 e. The van der Waals surface area contributed by atoms with E-state index in [0.717, 1.165) is 37.2 Å². The van der Waals surface area contributed by atoms with Gasteiger partial charge in [0, 0.05) is 26.8 Å². The highest BCUT2D eigenvalue weighted by atomic mass is 16.2. The molecule has 0 bridgehead atoms. The highest BCUT2D eigenvalue weighted by Crippen LogP contribution is 2.39. The van der Waals surface area contributed by atoms with E-state index in [1.165, 1.54) is 0 Å². The quantitative estimate of drug-likeness (QED) is 0.892. The Balaban J connectivity index is 2.17. The van der Waals surface area contributed by atoms with E-state index in [2.05, 4.69) is 17.2 Å². The number of hydrogen-bond acceptors (Lipinski definition) is 4. The predicted molar refractivity (Wildman–Crippen MR) is 86.3 cm³/mol. The average molecular weight is 290 g/mol. The van der Waals surface area contributed by atoms with Gasteiger partial charge in [0.05, 0.1) is 11.1 Å². The number of hydrogen-bond donors (Lipinski definition) is 2.